The zero-order chi connectivity index (χ0) is 17.0. The van der Waals surface area contributed by atoms with Gasteiger partial charge in [-0.3, -0.25) is 0 Å². The maximum Gasteiger partial charge on any atom is 0.315 e. The molecule has 8 nitrogen and oxygen atoms in total. The fraction of sp³-hybridized carbons (Fsp3) is 0.400. The Bertz CT molecular complexity index is 804. The van der Waals surface area contributed by atoms with Gasteiger partial charge in [0.1, 0.15) is 12.7 Å². The number of carbonyl (C=O) groups excluding carboxylic acids is 1. The van der Waals surface area contributed by atoms with Crippen molar-refractivity contribution in [1.82, 2.24) is 25.4 Å². The Labute approximate surface area is 140 Å². The molecule has 1 fully saturated rings. The maximum atomic E-state index is 12.0. The topological polar surface area (TPSA) is 106 Å². The molecule has 1 aliphatic heterocycles. The fourth-order valence-corrected chi connectivity index (χ4v) is 4.37. The number of amides is 2. The molecule has 2 N–H and O–H groups in total. The molecule has 2 aromatic rings. The van der Waals surface area contributed by atoms with Crippen LogP contribution in [0.2, 0.25) is 0 Å². The molecule has 0 aliphatic carbocycles. The van der Waals surface area contributed by atoms with Crippen LogP contribution in [0, 0.1) is 0 Å². The van der Waals surface area contributed by atoms with E-state index in [0.717, 1.165) is 11.1 Å². The van der Waals surface area contributed by atoms with E-state index < -0.39 is 9.84 Å². The highest BCUT2D eigenvalue weighted by atomic mass is 32.2. The van der Waals surface area contributed by atoms with E-state index in [2.05, 4.69) is 20.7 Å². The summed E-state index contributed by atoms with van der Waals surface area (Å²) in [7, 11) is -3.00. The summed E-state index contributed by atoms with van der Waals surface area (Å²) in [5.41, 5.74) is 2.01. The van der Waals surface area contributed by atoms with E-state index >= 15 is 0 Å². The van der Waals surface area contributed by atoms with E-state index in [0.29, 0.717) is 19.5 Å². The summed E-state index contributed by atoms with van der Waals surface area (Å²) in [6.45, 7) is 0.927. The number of rotatable bonds is 5. The molecular weight excluding hydrogens is 330 g/mol. The lowest BCUT2D eigenvalue weighted by molar-refractivity contribution is 0.237. The molecule has 1 aliphatic rings. The van der Waals surface area contributed by atoms with E-state index in [1.54, 1.807) is 11.0 Å². The van der Waals surface area contributed by atoms with E-state index in [9.17, 15) is 13.2 Å². The molecule has 1 saturated heterocycles. The van der Waals surface area contributed by atoms with Gasteiger partial charge in [-0.2, -0.15) is 5.10 Å². The van der Waals surface area contributed by atoms with Crippen LogP contribution in [0.3, 0.4) is 0 Å². The van der Waals surface area contributed by atoms with E-state index in [4.69, 9.17) is 0 Å². The Morgan fingerprint density at radius 1 is 1.29 bits per heavy atom. The number of hydrogen-bond acceptors (Lipinski definition) is 5. The first kappa shape index (κ1) is 16.4. The Morgan fingerprint density at radius 3 is 2.75 bits per heavy atom. The van der Waals surface area contributed by atoms with Gasteiger partial charge in [0.05, 0.1) is 18.1 Å². The maximum absolute atomic E-state index is 12.0. The Hall–Kier alpha value is -2.42. The van der Waals surface area contributed by atoms with Gasteiger partial charge in [-0.15, -0.1) is 0 Å². The van der Waals surface area contributed by atoms with Crippen LogP contribution in [-0.2, 0) is 22.9 Å². The number of hydrogen-bond donors (Lipinski definition) is 2. The lowest BCUT2D eigenvalue weighted by atomic mass is 10.1. The van der Waals surface area contributed by atoms with Crippen molar-refractivity contribution in [3.8, 4) is 0 Å². The van der Waals surface area contributed by atoms with Crippen LogP contribution in [0.5, 0.6) is 0 Å². The molecule has 0 bridgehead atoms. The minimum absolute atomic E-state index is 0.0172. The Morgan fingerprint density at radius 2 is 2.08 bits per heavy atom. The molecule has 2 amide bonds. The van der Waals surface area contributed by atoms with Crippen molar-refractivity contribution >= 4 is 15.9 Å². The van der Waals surface area contributed by atoms with Gasteiger partial charge < -0.3 is 10.6 Å². The molecule has 1 atom stereocenters. The third-order valence-electron chi connectivity index (χ3n) is 3.92. The lowest BCUT2D eigenvalue weighted by Gasteiger charge is -2.14. The molecule has 0 spiro atoms. The number of nitrogens with one attached hydrogen (secondary N) is 2. The van der Waals surface area contributed by atoms with Crippen LogP contribution in [0.25, 0.3) is 0 Å². The molecule has 0 radical (unpaired) electrons. The fourth-order valence-electron chi connectivity index (χ4n) is 2.69. The highest BCUT2D eigenvalue weighted by Crippen LogP contribution is 2.12. The molecule has 2 heterocycles. The highest BCUT2D eigenvalue weighted by Gasteiger charge is 2.28. The van der Waals surface area contributed by atoms with Crippen LogP contribution in [0.15, 0.2) is 36.9 Å². The highest BCUT2D eigenvalue weighted by molar-refractivity contribution is 7.91. The van der Waals surface area contributed by atoms with Gasteiger partial charge in [-0.25, -0.2) is 22.9 Å². The zero-order valence-corrected chi connectivity index (χ0v) is 13.9. The average molecular weight is 349 g/mol. The second kappa shape index (κ2) is 7.00. The van der Waals surface area contributed by atoms with E-state index in [-0.39, 0.29) is 23.6 Å². The van der Waals surface area contributed by atoms with Crippen molar-refractivity contribution in [2.45, 2.75) is 25.6 Å². The lowest BCUT2D eigenvalue weighted by Crippen LogP contribution is -2.42. The molecule has 3 rings (SSSR count). The second-order valence-electron chi connectivity index (χ2n) is 5.79. The van der Waals surface area contributed by atoms with E-state index in [1.807, 2.05) is 24.3 Å². The number of benzene rings is 1. The predicted molar refractivity (Wildman–Crippen MR) is 88.0 cm³/mol. The van der Waals surface area contributed by atoms with Crippen LogP contribution < -0.4 is 10.6 Å². The quantitative estimate of drug-likeness (QED) is 0.808. The van der Waals surface area contributed by atoms with E-state index in [1.165, 1.54) is 6.33 Å². The van der Waals surface area contributed by atoms with Crippen LogP contribution in [-0.4, -0.2) is 46.8 Å². The first-order chi connectivity index (χ1) is 11.5. The monoisotopic (exact) mass is 349 g/mol. The largest absolute Gasteiger partial charge is 0.334 e. The van der Waals surface area contributed by atoms with Gasteiger partial charge in [-0.05, 0) is 17.5 Å². The summed E-state index contributed by atoms with van der Waals surface area (Å²) in [6.07, 6.45) is 3.58. The summed E-state index contributed by atoms with van der Waals surface area (Å²) in [5.74, 6) is 0.155. The number of aromatic nitrogens is 3. The van der Waals surface area contributed by atoms with Crippen molar-refractivity contribution in [1.29, 1.82) is 0 Å². The predicted octanol–water partition coefficient (Wildman–Crippen LogP) is 0.313. The molecular formula is C15H19N5O3S. The standard InChI is InChI=1S/C15H19N5O3S/c21-15(19-14-5-6-24(22,23)9-14)17-7-12-3-1-2-4-13(12)8-20-11-16-10-18-20/h1-4,10-11,14H,5-9H2,(H2,17,19,21). The van der Waals surface area contributed by atoms with Gasteiger partial charge in [0.25, 0.3) is 0 Å². The van der Waals surface area contributed by atoms with Crippen molar-refractivity contribution in [2.75, 3.05) is 11.5 Å². The summed E-state index contributed by atoms with van der Waals surface area (Å²) >= 11 is 0. The summed E-state index contributed by atoms with van der Waals surface area (Å²) < 4.78 is 24.5. The van der Waals surface area contributed by atoms with Crippen LogP contribution in [0.1, 0.15) is 17.5 Å². The molecule has 128 valence electrons. The van der Waals surface area contributed by atoms with Crippen molar-refractivity contribution in [2.24, 2.45) is 0 Å². The first-order valence-electron chi connectivity index (χ1n) is 7.66. The van der Waals surface area contributed by atoms with Gasteiger partial charge in [0, 0.05) is 12.6 Å². The van der Waals surface area contributed by atoms with Crippen molar-refractivity contribution in [3.05, 3.63) is 48.0 Å². The third kappa shape index (κ3) is 4.31. The molecule has 1 unspecified atom stereocenters. The molecule has 9 heteroatoms. The van der Waals surface area contributed by atoms with Gasteiger partial charge in [-0.1, -0.05) is 24.3 Å². The third-order valence-corrected chi connectivity index (χ3v) is 5.69. The normalized spacial score (nSPS) is 19.1. The number of carbonyl (C=O) groups is 1. The number of urea groups is 1. The zero-order valence-electron chi connectivity index (χ0n) is 13.1. The number of sulfone groups is 1. The Balaban J connectivity index is 1.55. The molecule has 1 aromatic carbocycles. The minimum Gasteiger partial charge on any atom is -0.334 e. The SMILES string of the molecule is O=C(NCc1ccccc1Cn1cncn1)NC1CCS(=O)(=O)C1. The minimum atomic E-state index is -3.00. The van der Waals surface area contributed by atoms with Gasteiger partial charge in [0.15, 0.2) is 9.84 Å². The number of nitrogens with zero attached hydrogens (tertiary/aromatic N) is 3. The van der Waals surface area contributed by atoms with Crippen molar-refractivity contribution in [3.63, 3.8) is 0 Å². The van der Waals surface area contributed by atoms with Crippen LogP contribution >= 0.6 is 0 Å². The van der Waals surface area contributed by atoms with Gasteiger partial charge >= 0.3 is 6.03 Å². The average Bonchev–Trinajstić information content (AvgIpc) is 3.16. The molecule has 24 heavy (non-hydrogen) atoms. The summed E-state index contributed by atoms with van der Waals surface area (Å²) in [5, 5.41) is 9.57. The molecule has 0 saturated carbocycles. The second-order valence-corrected chi connectivity index (χ2v) is 8.02. The summed E-state index contributed by atoms with van der Waals surface area (Å²) in [4.78, 5) is 15.9. The van der Waals surface area contributed by atoms with Crippen molar-refractivity contribution < 1.29 is 13.2 Å². The Kier molecular flexibility index (Phi) is 4.79. The first-order valence-corrected chi connectivity index (χ1v) is 9.48. The smallest absolute Gasteiger partial charge is 0.315 e. The van der Waals surface area contributed by atoms with Crippen LogP contribution in [0.4, 0.5) is 4.79 Å². The summed E-state index contributed by atoms with van der Waals surface area (Å²) in [6, 6.07) is 7.09. The van der Waals surface area contributed by atoms with Gasteiger partial charge in [0.2, 0.25) is 0 Å². The molecule has 1 aromatic heterocycles.